The van der Waals surface area contributed by atoms with E-state index in [1.54, 1.807) is 0 Å². The second kappa shape index (κ2) is 6.86. The first-order valence-corrected chi connectivity index (χ1v) is 8.52. The fourth-order valence-corrected chi connectivity index (χ4v) is 3.94. The Morgan fingerprint density at radius 1 is 0.958 bits per heavy atom. The summed E-state index contributed by atoms with van der Waals surface area (Å²) in [4.78, 5) is 12.7. The topological polar surface area (TPSA) is 55.1 Å². The number of anilines is 1. The minimum absolute atomic E-state index is 0. The van der Waals surface area contributed by atoms with Crippen LogP contribution in [0.25, 0.3) is 0 Å². The van der Waals surface area contributed by atoms with Crippen molar-refractivity contribution in [3.63, 3.8) is 0 Å². The number of amides is 1. The third-order valence-corrected chi connectivity index (χ3v) is 5.15. The number of hydrogen-bond donors (Lipinski definition) is 2. The zero-order valence-electron chi connectivity index (χ0n) is 13.7. The number of carbonyl (C=O) groups excluding carboxylic acids is 1. The molecule has 4 rings (SSSR count). The van der Waals surface area contributed by atoms with Crippen molar-refractivity contribution >= 4 is 24.0 Å². The van der Waals surface area contributed by atoms with E-state index in [2.05, 4.69) is 23.5 Å². The maximum absolute atomic E-state index is 12.7. The van der Waals surface area contributed by atoms with Crippen LogP contribution in [-0.2, 0) is 19.3 Å². The maximum Gasteiger partial charge on any atom is 0.251 e. The molecule has 0 fully saturated rings. The quantitative estimate of drug-likeness (QED) is 0.811. The van der Waals surface area contributed by atoms with Gasteiger partial charge in [0, 0.05) is 11.3 Å². The number of halogens is 1. The molecular weight excluding hydrogens is 320 g/mol. The molecule has 2 aliphatic rings. The van der Waals surface area contributed by atoms with Crippen LogP contribution in [0.1, 0.15) is 57.9 Å². The Morgan fingerprint density at radius 3 is 2.62 bits per heavy atom. The van der Waals surface area contributed by atoms with Crippen LogP contribution in [-0.4, -0.2) is 5.91 Å². The summed E-state index contributed by atoms with van der Waals surface area (Å²) in [6.07, 6.45) is 6.58. The van der Waals surface area contributed by atoms with Gasteiger partial charge in [-0.05, 0) is 85.0 Å². The van der Waals surface area contributed by atoms with Crippen LogP contribution < -0.4 is 11.1 Å². The summed E-state index contributed by atoms with van der Waals surface area (Å²) in [5.41, 5.74) is 12.7. The minimum atomic E-state index is 0. The SMILES string of the molecule is Cl.Nc1ccc2c(c1)CCCC2NC(=O)c1ccc2c(c1)CCC2. The second-order valence-electron chi connectivity index (χ2n) is 6.71. The monoisotopic (exact) mass is 342 g/mol. The van der Waals surface area contributed by atoms with Gasteiger partial charge < -0.3 is 11.1 Å². The summed E-state index contributed by atoms with van der Waals surface area (Å²) in [6, 6.07) is 12.3. The van der Waals surface area contributed by atoms with E-state index in [1.807, 2.05) is 18.2 Å². The predicted octanol–water partition coefficient (Wildman–Crippen LogP) is 3.99. The lowest BCUT2D eigenvalue weighted by Crippen LogP contribution is -2.31. The molecule has 24 heavy (non-hydrogen) atoms. The fourth-order valence-electron chi connectivity index (χ4n) is 3.94. The second-order valence-corrected chi connectivity index (χ2v) is 6.71. The number of carbonyl (C=O) groups is 1. The first kappa shape index (κ1) is 16.8. The number of nitrogen functional groups attached to an aromatic ring is 1. The van der Waals surface area contributed by atoms with Crippen LogP contribution >= 0.6 is 12.4 Å². The van der Waals surface area contributed by atoms with E-state index in [1.165, 1.54) is 28.7 Å². The molecule has 4 heteroatoms. The van der Waals surface area contributed by atoms with Crippen molar-refractivity contribution in [2.45, 2.75) is 44.6 Å². The van der Waals surface area contributed by atoms with E-state index in [9.17, 15) is 4.79 Å². The first-order valence-electron chi connectivity index (χ1n) is 8.52. The van der Waals surface area contributed by atoms with Crippen LogP contribution in [0.2, 0.25) is 0 Å². The van der Waals surface area contributed by atoms with Gasteiger partial charge in [-0.1, -0.05) is 12.1 Å². The summed E-state index contributed by atoms with van der Waals surface area (Å²) in [7, 11) is 0. The summed E-state index contributed by atoms with van der Waals surface area (Å²) >= 11 is 0. The van der Waals surface area contributed by atoms with Gasteiger partial charge in [-0.3, -0.25) is 4.79 Å². The molecule has 0 aliphatic heterocycles. The number of rotatable bonds is 2. The Labute approximate surface area is 149 Å². The van der Waals surface area contributed by atoms with Gasteiger partial charge >= 0.3 is 0 Å². The molecule has 2 aromatic carbocycles. The van der Waals surface area contributed by atoms with E-state index in [0.717, 1.165) is 43.4 Å². The lowest BCUT2D eigenvalue weighted by atomic mass is 9.87. The summed E-state index contributed by atoms with van der Waals surface area (Å²) in [5.74, 6) is 0.0365. The van der Waals surface area contributed by atoms with Crippen LogP contribution in [0.3, 0.4) is 0 Å². The molecule has 0 saturated carbocycles. The molecule has 3 nitrogen and oxygen atoms in total. The van der Waals surface area contributed by atoms with E-state index in [4.69, 9.17) is 5.73 Å². The molecule has 3 N–H and O–H groups in total. The highest BCUT2D eigenvalue weighted by atomic mass is 35.5. The van der Waals surface area contributed by atoms with Crippen LogP contribution in [0.4, 0.5) is 5.69 Å². The molecule has 0 radical (unpaired) electrons. The van der Waals surface area contributed by atoms with Gasteiger partial charge in [-0.2, -0.15) is 0 Å². The summed E-state index contributed by atoms with van der Waals surface area (Å²) < 4.78 is 0. The lowest BCUT2D eigenvalue weighted by Gasteiger charge is -2.26. The third-order valence-electron chi connectivity index (χ3n) is 5.15. The average molecular weight is 343 g/mol. The highest BCUT2D eigenvalue weighted by molar-refractivity contribution is 5.94. The normalized spacial score (nSPS) is 18.2. The third kappa shape index (κ3) is 3.13. The van der Waals surface area contributed by atoms with Crippen molar-refractivity contribution in [2.75, 3.05) is 5.73 Å². The molecule has 1 atom stereocenters. The standard InChI is InChI=1S/C20H22N2O.ClH/c21-17-9-10-18-15(12-17)5-2-6-19(18)22-20(23)16-8-7-13-3-1-4-14(13)11-16;/h7-12,19H,1-6,21H2,(H,22,23);1H. The Bertz CT molecular complexity index is 772. The molecule has 1 amide bonds. The number of hydrogen-bond acceptors (Lipinski definition) is 2. The van der Waals surface area contributed by atoms with Crippen molar-refractivity contribution in [3.8, 4) is 0 Å². The largest absolute Gasteiger partial charge is 0.399 e. The minimum Gasteiger partial charge on any atom is -0.399 e. The Morgan fingerprint density at radius 2 is 1.75 bits per heavy atom. The molecule has 0 saturated heterocycles. The van der Waals surface area contributed by atoms with Gasteiger partial charge in [-0.15, -0.1) is 12.4 Å². The van der Waals surface area contributed by atoms with Crippen LogP contribution in [0.15, 0.2) is 36.4 Å². The van der Waals surface area contributed by atoms with Gasteiger partial charge in [0.2, 0.25) is 0 Å². The molecule has 0 bridgehead atoms. The molecule has 0 spiro atoms. The highest BCUT2D eigenvalue weighted by Crippen LogP contribution is 2.31. The van der Waals surface area contributed by atoms with Crippen molar-refractivity contribution in [1.82, 2.24) is 5.32 Å². The van der Waals surface area contributed by atoms with Crippen molar-refractivity contribution in [3.05, 3.63) is 64.2 Å². The van der Waals surface area contributed by atoms with Crippen molar-refractivity contribution in [1.29, 1.82) is 0 Å². The molecule has 2 aliphatic carbocycles. The Balaban J connectivity index is 0.00000169. The Hall–Kier alpha value is -2.00. The van der Waals surface area contributed by atoms with Crippen molar-refractivity contribution < 1.29 is 4.79 Å². The zero-order valence-corrected chi connectivity index (χ0v) is 14.5. The Kier molecular flexibility index (Phi) is 4.81. The van der Waals surface area contributed by atoms with E-state index < -0.39 is 0 Å². The molecule has 0 heterocycles. The fraction of sp³-hybridized carbons (Fsp3) is 0.350. The molecule has 1 unspecified atom stereocenters. The van der Waals surface area contributed by atoms with Crippen LogP contribution in [0.5, 0.6) is 0 Å². The summed E-state index contributed by atoms with van der Waals surface area (Å²) in [5, 5.41) is 3.22. The number of nitrogens with two attached hydrogens (primary N) is 1. The molecule has 0 aromatic heterocycles. The van der Waals surface area contributed by atoms with Gasteiger partial charge in [0.1, 0.15) is 0 Å². The van der Waals surface area contributed by atoms with Gasteiger partial charge in [0.15, 0.2) is 0 Å². The number of nitrogens with one attached hydrogen (secondary N) is 1. The zero-order chi connectivity index (χ0) is 15.8. The number of aryl methyl sites for hydroxylation is 3. The molecule has 2 aromatic rings. The number of fused-ring (bicyclic) bond motifs is 2. The van der Waals surface area contributed by atoms with E-state index >= 15 is 0 Å². The van der Waals surface area contributed by atoms with Gasteiger partial charge in [0.05, 0.1) is 6.04 Å². The van der Waals surface area contributed by atoms with Crippen molar-refractivity contribution in [2.24, 2.45) is 0 Å². The predicted molar refractivity (Wildman–Crippen MR) is 99.7 cm³/mol. The summed E-state index contributed by atoms with van der Waals surface area (Å²) in [6.45, 7) is 0. The number of benzene rings is 2. The first-order chi connectivity index (χ1) is 11.2. The maximum atomic E-state index is 12.7. The van der Waals surface area contributed by atoms with E-state index in [0.29, 0.717) is 0 Å². The molecule has 126 valence electrons. The smallest absolute Gasteiger partial charge is 0.251 e. The molecular formula is C20H23ClN2O. The average Bonchev–Trinajstić information content (AvgIpc) is 3.02. The lowest BCUT2D eigenvalue weighted by molar-refractivity contribution is 0.0932. The van der Waals surface area contributed by atoms with Crippen LogP contribution in [0, 0.1) is 0 Å². The highest BCUT2D eigenvalue weighted by Gasteiger charge is 2.23. The van der Waals surface area contributed by atoms with E-state index in [-0.39, 0.29) is 24.4 Å². The van der Waals surface area contributed by atoms with Gasteiger partial charge in [0.25, 0.3) is 5.91 Å². The van der Waals surface area contributed by atoms with Gasteiger partial charge in [-0.25, -0.2) is 0 Å².